The number of carbonyl (C=O) groups excluding carboxylic acids is 1. The third-order valence-corrected chi connectivity index (χ3v) is 2.34. The molecule has 18 heavy (non-hydrogen) atoms. The van der Waals surface area contributed by atoms with Crippen molar-refractivity contribution in [2.45, 2.75) is 0 Å². The van der Waals surface area contributed by atoms with Gasteiger partial charge in [0.05, 0.1) is 12.7 Å². The fourth-order valence-corrected chi connectivity index (χ4v) is 1.49. The average molecular weight is 246 g/mol. The molecule has 2 aromatic rings. The van der Waals surface area contributed by atoms with Crippen LogP contribution in [0, 0.1) is 5.82 Å². The lowest BCUT2D eigenvalue weighted by molar-refractivity contribution is 0.102. The molecule has 92 valence electrons. The molecule has 0 fully saturated rings. The molecule has 0 radical (unpaired) electrons. The summed E-state index contributed by atoms with van der Waals surface area (Å²) in [6.45, 7) is 0. The van der Waals surface area contributed by atoms with Crippen molar-refractivity contribution in [3.8, 4) is 5.75 Å². The van der Waals surface area contributed by atoms with Crippen LogP contribution >= 0.6 is 0 Å². The number of halogens is 1. The van der Waals surface area contributed by atoms with E-state index < -0.39 is 11.7 Å². The van der Waals surface area contributed by atoms with E-state index in [4.69, 9.17) is 4.74 Å². The first kappa shape index (κ1) is 12.0. The number of methoxy groups -OCH3 is 1. The summed E-state index contributed by atoms with van der Waals surface area (Å²) < 4.78 is 18.2. The maximum atomic E-state index is 13.1. The molecule has 2 rings (SSSR count). The number of benzene rings is 1. The van der Waals surface area contributed by atoms with Gasteiger partial charge < -0.3 is 10.1 Å². The van der Waals surface area contributed by atoms with E-state index in [-0.39, 0.29) is 5.56 Å². The van der Waals surface area contributed by atoms with E-state index >= 15 is 0 Å². The fourth-order valence-electron chi connectivity index (χ4n) is 1.49. The number of ether oxygens (including phenoxy) is 1. The Kier molecular flexibility index (Phi) is 3.52. The number of nitrogens with zero attached hydrogens (tertiary/aromatic N) is 1. The van der Waals surface area contributed by atoms with Crippen LogP contribution in [0.4, 0.5) is 10.1 Å². The minimum atomic E-state index is -0.490. The Morgan fingerprint density at radius 3 is 2.67 bits per heavy atom. The molecule has 1 aromatic heterocycles. The van der Waals surface area contributed by atoms with Gasteiger partial charge in [-0.1, -0.05) is 0 Å². The van der Waals surface area contributed by atoms with E-state index in [0.29, 0.717) is 11.4 Å². The minimum Gasteiger partial charge on any atom is -0.496 e. The SMILES string of the molecule is COc1ccc(F)cc1C(=O)Nc1ccncc1. The molecule has 0 saturated carbocycles. The Morgan fingerprint density at radius 1 is 1.28 bits per heavy atom. The zero-order valence-corrected chi connectivity index (χ0v) is 9.68. The lowest BCUT2D eigenvalue weighted by Crippen LogP contribution is -2.13. The second-order valence-electron chi connectivity index (χ2n) is 3.53. The number of hydrogen-bond acceptors (Lipinski definition) is 3. The normalized spacial score (nSPS) is 9.89. The topological polar surface area (TPSA) is 51.2 Å². The monoisotopic (exact) mass is 246 g/mol. The van der Waals surface area contributed by atoms with Crippen molar-refractivity contribution in [2.24, 2.45) is 0 Å². The van der Waals surface area contributed by atoms with Crippen molar-refractivity contribution in [1.29, 1.82) is 0 Å². The molecule has 1 heterocycles. The van der Waals surface area contributed by atoms with E-state index in [9.17, 15) is 9.18 Å². The van der Waals surface area contributed by atoms with Gasteiger partial charge in [-0.05, 0) is 30.3 Å². The van der Waals surface area contributed by atoms with E-state index in [1.807, 2.05) is 0 Å². The van der Waals surface area contributed by atoms with Crippen molar-refractivity contribution in [1.82, 2.24) is 4.98 Å². The standard InChI is InChI=1S/C13H11FN2O2/c1-18-12-3-2-9(14)8-11(12)13(17)16-10-4-6-15-7-5-10/h2-8H,1H3,(H,15,16,17). The van der Waals surface area contributed by atoms with E-state index in [1.165, 1.54) is 19.2 Å². The molecule has 0 bridgehead atoms. The van der Waals surface area contributed by atoms with Gasteiger partial charge in [0.15, 0.2) is 0 Å². The van der Waals surface area contributed by atoms with Crippen LogP contribution in [-0.2, 0) is 0 Å². The van der Waals surface area contributed by atoms with Crippen LogP contribution in [0.5, 0.6) is 5.75 Å². The van der Waals surface area contributed by atoms with Crippen molar-refractivity contribution < 1.29 is 13.9 Å². The van der Waals surface area contributed by atoms with Crippen molar-refractivity contribution in [3.63, 3.8) is 0 Å². The van der Waals surface area contributed by atoms with Gasteiger partial charge in [-0.3, -0.25) is 9.78 Å². The molecule has 1 N–H and O–H groups in total. The number of amides is 1. The molecule has 0 spiro atoms. The smallest absolute Gasteiger partial charge is 0.259 e. The van der Waals surface area contributed by atoms with Crippen LogP contribution in [0.2, 0.25) is 0 Å². The van der Waals surface area contributed by atoms with Crippen LogP contribution in [-0.4, -0.2) is 18.0 Å². The second-order valence-corrected chi connectivity index (χ2v) is 3.53. The van der Waals surface area contributed by atoms with Gasteiger partial charge in [0, 0.05) is 18.1 Å². The summed E-state index contributed by atoms with van der Waals surface area (Å²) in [6.07, 6.45) is 3.11. The van der Waals surface area contributed by atoms with Crippen LogP contribution < -0.4 is 10.1 Å². The fraction of sp³-hybridized carbons (Fsp3) is 0.0769. The summed E-state index contributed by atoms with van der Waals surface area (Å²) in [7, 11) is 1.43. The highest BCUT2D eigenvalue weighted by atomic mass is 19.1. The average Bonchev–Trinajstić information content (AvgIpc) is 2.40. The number of carbonyl (C=O) groups is 1. The molecule has 1 amide bonds. The van der Waals surface area contributed by atoms with Crippen molar-refractivity contribution in [2.75, 3.05) is 12.4 Å². The summed E-state index contributed by atoms with van der Waals surface area (Å²) in [5, 5.41) is 2.63. The molecular formula is C13H11FN2O2. The Labute approximate surface area is 103 Å². The lowest BCUT2D eigenvalue weighted by Gasteiger charge is -2.09. The molecule has 0 atom stereocenters. The third kappa shape index (κ3) is 2.63. The first-order valence-corrected chi connectivity index (χ1v) is 5.25. The highest BCUT2D eigenvalue weighted by molar-refractivity contribution is 6.06. The molecule has 5 heteroatoms. The first-order valence-electron chi connectivity index (χ1n) is 5.25. The van der Waals surface area contributed by atoms with E-state index in [1.54, 1.807) is 24.5 Å². The largest absolute Gasteiger partial charge is 0.496 e. The van der Waals surface area contributed by atoms with Gasteiger partial charge in [-0.2, -0.15) is 0 Å². The number of pyridine rings is 1. The summed E-state index contributed by atoms with van der Waals surface area (Å²) in [5.74, 6) is -0.601. The molecule has 0 saturated heterocycles. The highest BCUT2D eigenvalue weighted by Gasteiger charge is 2.13. The van der Waals surface area contributed by atoms with Gasteiger partial charge >= 0.3 is 0 Å². The Hall–Kier alpha value is -2.43. The number of hydrogen-bond donors (Lipinski definition) is 1. The van der Waals surface area contributed by atoms with Gasteiger partial charge in [0.1, 0.15) is 11.6 Å². The van der Waals surface area contributed by atoms with Crippen LogP contribution in [0.15, 0.2) is 42.7 Å². The number of aromatic nitrogens is 1. The van der Waals surface area contributed by atoms with Gasteiger partial charge in [-0.25, -0.2) is 4.39 Å². The Morgan fingerprint density at radius 2 is 2.00 bits per heavy atom. The molecule has 4 nitrogen and oxygen atoms in total. The summed E-state index contributed by atoms with van der Waals surface area (Å²) in [6, 6.07) is 7.07. The molecule has 0 unspecified atom stereocenters. The predicted molar refractivity (Wildman–Crippen MR) is 65.1 cm³/mol. The zero-order valence-electron chi connectivity index (χ0n) is 9.68. The van der Waals surface area contributed by atoms with Crippen molar-refractivity contribution in [3.05, 3.63) is 54.1 Å². The van der Waals surface area contributed by atoms with Crippen LogP contribution in [0.1, 0.15) is 10.4 Å². The minimum absolute atomic E-state index is 0.148. The summed E-state index contributed by atoms with van der Waals surface area (Å²) in [5.41, 5.74) is 0.732. The molecule has 0 aliphatic rings. The number of rotatable bonds is 3. The number of nitrogens with one attached hydrogen (secondary N) is 1. The third-order valence-electron chi connectivity index (χ3n) is 2.34. The second kappa shape index (κ2) is 5.27. The first-order chi connectivity index (χ1) is 8.70. The lowest BCUT2D eigenvalue weighted by atomic mass is 10.1. The summed E-state index contributed by atoms with van der Waals surface area (Å²) in [4.78, 5) is 15.8. The van der Waals surface area contributed by atoms with Gasteiger partial charge in [0.2, 0.25) is 0 Å². The zero-order chi connectivity index (χ0) is 13.0. The summed E-state index contributed by atoms with van der Waals surface area (Å²) >= 11 is 0. The molecular weight excluding hydrogens is 235 g/mol. The molecule has 1 aromatic carbocycles. The van der Waals surface area contributed by atoms with E-state index in [0.717, 1.165) is 6.07 Å². The predicted octanol–water partition coefficient (Wildman–Crippen LogP) is 2.48. The Bertz CT molecular complexity index is 558. The quantitative estimate of drug-likeness (QED) is 0.905. The highest BCUT2D eigenvalue weighted by Crippen LogP contribution is 2.20. The maximum absolute atomic E-state index is 13.1. The van der Waals surface area contributed by atoms with Crippen LogP contribution in [0.25, 0.3) is 0 Å². The Balaban J connectivity index is 2.26. The molecule has 0 aliphatic heterocycles. The maximum Gasteiger partial charge on any atom is 0.259 e. The van der Waals surface area contributed by atoms with Gasteiger partial charge in [-0.15, -0.1) is 0 Å². The van der Waals surface area contributed by atoms with Gasteiger partial charge in [0.25, 0.3) is 5.91 Å². The van der Waals surface area contributed by atoms with Crippen molar-refractivity contribution >= 4 is 11.6 Å². The van der Waals surface area contributed by atoms with E-state index in [2.05, 4.69) is 10.3 Å². The van der Waals surface area contributed by atoms with Crippen LogP contribution in [0.3, 0.4) is 0 Å². The number of anilines is 1. The molecule has 0 aliphatic carbocycles.